The largest absolute Gasteiger partial charge is 0.343 e. The van der Waals surface area contributed by atoms with Gasteiger partial charge in [0.15, 0.2) is 0 Å². The van der Waals surface area contributed by atoms with Crippen molar-refractivity contribution in [2.75, 3.05) is 26.2 Å². The molecule has 1 aliphatic heterocycles. The molecule has 0 aliphatic carbocycles. The minimum atomic E-state index is -3.72. The molecule has 134 valence electrons. The summed E-state index contributed by atoms with van der Waals surface area (Å²) >= 11 is 5.68. The fourth-order valence-electron chi connectivity index (χ4n) is 2.92. The molecule has 1 fully saturated rings. The van der Waals surface area contributed by atoms with E-state index in [9.17, 15) is 17.6 Å². The molecule has 0 atom stereocenters. The molecule has 0 radical (unpaired) electrons. The predicted octanol–water partition coefficient (Wildman–Crippen LogP) is 2.75. The van der Waals surface area contributed by atoms with Gasteiger partial charge >= 0.3 is 0 Å². The van der Waals surface area contributed by atoms with E-state index in [-0.39, 0.29) is 34.8 Å². The molecule has 2 rings (SSSR count). The molecular formula is C16H22ClFN2O3S. The van der Waals surface area contributed by atoms with Crippen LogP contribution < -0.4 is 0 Å². The molecule has 1 heterocycles. The molecule has 1 saturated heterocycles. The van der Waals surface area contributed by atoms with Gasteiger partial charge in [0.05, 0.1) is 9.92 Å². The van der Waals surface area contributed by atoms with E-state index in [1.54, 1.807) is 4.90 Å². The third-order valence-electron chi connectivity index (χ3n) is 4.41. The number of carbonyl (C=O) groups is 1. The summed E-state index contributed by atoms with van der Waals surface area (Å²) in [5.41, 5.74) is 0. The Morgan fingerprint density at radius 1 is 1.29 bits per heavy atom. The van der Waals surface area contributed by atoms with Crippen molar-refractivity contribution in [2.45, 2.75) is 31.6 Å². The molecule has 0 saturated carbocycles. The molecule has 1 aliphatic rings. The lowest BCUT2D eigenvalue weighted by molar-refractivity contribution is -0.136. The van der Waals surface area contributed by atoms with Crippen LogP contribution in [0.15, 0.2) is 23.1 Å². The van der Waals surface area contributed by atoms with Crippen LogP contribution in [-0.2, 0) is 14.8 Å². The zero-order valence-electron chi connectivity index (χ0n) is 13.8. The zero-order valence-corrected chi connectivity index (χ0v) is 15.4. The Morgan fingerprint density at radius 3 is 2.38 bits per heavy atom. The monoisotopic (exact) mass is 376 g/mol. The summed E-state index contributed by atoms with van der Waals surface area (Å²) < 4.78 is 39.8. The first-order valence-electron chi connectivity index (χ1n) is 8.05. The zero-order chi connectivity index (χ0) is 17.9. The lowest BCUT2D eigenvalue weighted by Gasteiger charge is -2.33. The fraction of sp³-hybridized carbons (Fsp3) is 0.562. The number of amides is 1. The van der Waals surface area contributed by atoms with Gasteiger partial charge in [-0.15, -0.1) is 0 Å². The number of hydrogen-bond acceptors (Lipinski definition) is 3. The van der Waals surface area contributed by atoms with Crippen LogP contribution in [0.3, 0.4) is 0 Å². The Morgan fingerprint density at radius 2 is 1.88 bits per heavy atom. The van der Waals surface area contributed by atoms with Crippen molar-refractivity contribution in [1.82, 2.24) is 9.21 Å². The van der Waals surface area contributed by atoms with E-state index in [1.165, 1.54) is 10.4 Å². The Kier molecular flexibility index (Phi) is 6.22. The Hall–Kier alpha value is -1.18. The molecule has 1 amide bonds. The quantitative estimate of drug-likeness (QED) is 0.794. The maximum Gasteiger partial charge on any atom is 0.243 e. The first-order valence-corrected chi connectivity index (χ1v) is 9.87. The van der Waals surface area contributed by atoms with E-state index < -0.39 is 15.8 Å². The minimum absolute atomic E-state index is 0.0255. The summed E-state index contributed by atoms with van der Waals surface area (Å²) in [6.07, 6.45) is 0.979. The Balaban J connectivity index is 2.08. The highest BCUT2D eigenvalue weighted by Gasteiger charge is 2.33. The van der Waals surface area contributed by atoms with Gasteiger partial charge in [0.1, 0.15) is 5.82 Å². The first kappa shape index (κ1) is 19.1. The van der Waals surface area contributed by atoms with Crippen LogP contribution in [0.5, 0.6) is 0 Å². The standard InChI is InChI=1S/C16H22ClFN2O3S/c1-3-19(4-2)16(21)12-7-9-20(10-8-12)24(22,23)13-5-6-15(18)14(17)11-13/h5-6,11-12H,3-4,7-10H2,1-2H3. The number of nitrogens with zero attached hydrogens (tertiary/aromatic N) is 2. The molecule has 0 N–H and O–H groups in total. The molecule has 0 bridgehead atoms. The van der Waals surface area contributed by atoms with Crippen LogP contribution in [-0.4, -0.2) is 49.7 Å². The number of benzene rings is 1. The van der Waals surface area contributed by atoms with E-state index in [0.717, 1.165) is 12.1 Å². The third-order valence-corrected chi connectivity index (χ3v) is 6.59. The molecule has 0 unspecified atom stereocenters. The average Bonchev–Trinajstić information content (AvgIpc) is 2.58. The topological polar surface area (TPSA) is 57.7 Å². The van der Waals surface area contributed by atoms with Gasteiger partial charge in [-0.25, -0.2) is 12.8 Å². The van der Waals surface area contributed by atoms with Crippen molar-refractivity contribution in [3.05, 3.63) is 29.0 Å². The highest BCUT2D eigenvalue weighted by atomic mass is 35.5. The highest BCUT2D eigenvalue weighted by molar-refractivity contribution is 7.89. The van der Waals surface area contributed by atoms with E-state index in [0.29, 0.717) is 25.9 Å². The van der Waals surface area contributed by atoms with Gasteiger partial charge in [0, 0.05) is 32.1 Å². The van der Waals surface area contributed by atoms with Gasteiger partial charge in [-0.3, -0.25) is 4.79 Å². The van der Waals surface area contributed by atoms with Crippen LogP contribution in [0.2, 0.25) is 5.02 Å². The van der Waals surface area contributed by atoms with Gasteiger partial charge in [-0.1, -0.05) is 11.6 Å². The smallest absolute Gasteiger partial charge is 0.243 e. The van der Waals surface area contributed by atoms with Gasteiger partial charge in [0.2, 0.25) is 15.9 Å². The molecular weight excluding hydrogens is 355 g/mol. The molecule has 1 aromatic rings. The van der Waals surface area contributed by atoms with Crippen LogP contribution >= 0.6 is 11.6 Å². The van der Waals surface area contributed by atoms with Crippen LogP contribution in [0.25, 0.3) is 0 Å². The van der Waals surface area contributed by atoms with Crippen molar-refractivity contribution in [2.24, 2.45) is 5.92 Å². The van der Waals surface area contributed by atoms with Crippen molar-refractivity contribution >= 4 is 27.5 Å². The van der Waals surface area contributed by atoms with E-state index >= 15 is 0 Å². The van der Waals surface area contributed by atoms with Gasteiger partial charge in [0.25, 0.3) is 0 Å². The lowest BCUT2D eigenvalue weighted by atomic mass is 9.96. The van der Waals surface area contributed by atoms with Crippen molar-refractivity contribution in [1.29, 1.82) is 0 Å². The van der Waals surface area contributed by atoms with Crippen molar-refractivity contribution in [3.63, 3.8) is 0 Å². The van der Waals surface area contributed by atoms with Crippen molar-refractivity contribution < 1.29 is 17.6 Å². The summed E-state index contributed by atoms with van der Waals surface area (Å²) in [4.78, 5) is 14.1. The molecule has 0 spiro atoms. The Labute approximate surface area is 147 Å². The van der Waals surface area contributed by atoms with Crippen molar-refractivity contribution in [3.8, 4) is 0 Å². The van der Waals surface area contributed by atoms with Crippen LogP contribution in [0.1, 0.15) is 26.7 Å². The van der Waals surface area contributed by atoms with Gasteiger partial charge in [-0.05, 0) is 44.9 Å². The summed E-state index contributed by atoms with van der Waals surface area (Å²) in [6, 6.07) is 3.38. The van der Waals surface area contributed by atoms with Crippen LogP contribution in [0.4, 0.5) is 4.39 Å². The van der Waals surface area contributed by atoms with E-state index in [4.69, 9.17) is 11.6 Å². The summed E-state index contributed by atoms with van der Waals surface area (Å²) in [7, 11) is -3.72. The SMILES string of the molecule is CCN(CC)C(=O)C1CCN(S(=O)(=O)c2ccc(F)c(Cl)c2)CC1. The predicted molar refractivity (Wildman–Crippen MR) is 90.8 cm³/mol. The fourth-order valence-corrected chi connectivity index (χ4v) is 4.66. The number of piperidine rings is 1. The number of hydrogen-bond donors (Lipinski definition) is 0. The lowest BCUT2D eigenvalue weighted by Crippen LogP contribution is -2.44. The average molecular weight is 377 g/mol. The minimum Gasteiger partial charge on any atom is -0.343 e. The summed E-state index contributed by atoms with van der Waals surface area (Å²) in [6.45, 7) is 5.71. The molecule has 1 aromatic carbocycles. The second-order valence-electron chi connectivity index (χ2n) is 5.76. The number of sulfonamides is 1. The van der Waals surface area contributed by atoms with Gasteiger partial charge in [-0.2, -0.15) is 4.31 Å². The molecule has 24 heavy (non-hydrogen) atoms. The molecule has 0 aromatic heterocycles. The second kappa shape index (κ2) is 7.80. The molecule has 8 heteroatoms. The number of carbonyl (C=O) groups excluding carboxylic acids is 1. The summed E-state index contributed by atoms with van der Waals surface area (Å²) in [5.74, 6) is -0.714. The second-order valence-corrected chi connectivity index (χ2v) is 8.11. The maximum atomic E-state index is 13.2. The third kappa shape index (κ3) is 3.90. The van der Waals surface area contributed by atoms with E-state index in [1.807, 2.05) is 13.8 Å². The highest BCUT2D eigenvalue weighted by Crippen LogP contribution is 2.27. The van der Waals surface area contributed by atoms with Gasteiger partial charge < -0.3 is 4.90 Å². The summed E-state index contributed by atoms with van der Waals surface area (Å²) in [5, 5.41) is -0.220. The van der Waals surface area contributed by atoms with E-state index in [2.05, 4.69) is 0 Å². The normalized spacial score (nSPS) is 17.0. The molecule has 5 nitrogen and oxygen atoms in total. The first-order chi connectivity index (χ1) is 11.3. The Bertz CT molecular complexity index is 699. The number of rotatable bonds is 5. The maximum absolute atomic E-state index is 13.2. The van der Waals surface area contributed by atoms with Crippen LogP contribution in [0, 0.1) is 11.7 Å². The number of halogens is 2.